The largest absolute Gasteiger partial charge is 0.467 e. The molecule has 3 atom stereocenters. The lowest BCUT2D eigenvalue weighted by Gasteiger charge is -2.32. The molecule has 0 N–H and O–H groups in total. The number of esters is 1. The molecular weight excluding hydrogens is 321 g/mol. The monoisotopic (exact) mass is 341 g/mol. The van der Waals surface area contributed by atoms with Crippen LogP contribution in [0.2, 0.25) is 0 Å². The van der Waals surface area contributed by atoms with Crippen LogP contribution < -0.4 is 4.90 Å². The Morgan fingerprint density at radius 2 is 1.72 bits per heavy atom. The predicted molar refractivity (Wildman–Crippen MR) is 92.7 cm³/mol. The van der Waals surface area contributed by atoms with Crippen LogP contribution in [0.3, 0.4) is 0 Å². The number of benzene rings is 2. The van der Waals surface area contributed by atoms with Gasteiger partial charge in [-0.3, -0.25) is 4.79 Å². The summed E-state index contributed by atoms with van der Waals surface area (Å²) in [5.41, 5.74) is 1.63. The van der Waals surface area contributed by atoms with Crippen LogP contribution in [-0.2, 0) is 14.3 Å². The fraction of sp³-hybridized carbons (Fsp3) is 0.300. The molecular formula is C20H20FNO3. The highest BCUT2D eigenvalue weighted by Gasteiger charge is 2.47. The van der Waals surface area contributed by atoms with E-state index in [9.17, 15) is 14.0 Å². The molecule has 0 amide bonds. The predicted octanol–water partition coefficient (Wildman–Crippen LogP) is 3.52. The summed E-state index contributed by atoms with van der Waals surface area (Å²) in [6.45, 7) is 1.53. The van der Waals surface area contributed by atoms with Crippen LogP contribution in [0.5, 0.6) is 0 Å². The quantitative estimate of drug-likeness (QED) is 0.798. The summed E-state index contributed by atoms with van der Waals surface area (Å²) in [5, 5.41) is 0. The van der Waals surface area contributed by atoms with Crippen molar-refractivity contribution >= 4 is 17.4 Å². The number of rotatable bonds is 4. The Morgan fingerprint density at radius 3 is 2.28 bits per heavy atom. The fourth-order valence-electron chi connectivity index (χ4n) is 3.60. The number of hydrogen-bond donors (Lipinski definition) is 0. The van der Waals surface area contributed by atoms with Gasteiger partial charge in [0, 0.05) is 11.6 Å². The zero-order valence-electron chi connectivity index (χ0n) is 14.2. The van der Waals surface area contributed by atoms with Crippen LogP contribution in [0.4, 0.5) is 10.1 Å². The molecule has 25 heavy (non-hydrogen) atoms. The van der Waals surface area contributed by atoms with Gasteiger partial charge < -0.3 is 9.64 Å². The number of carbonyl (C=O) groups excluding carboxylic acids is 2. The van der Waals surface area contributed by atoms with E-state index in [1.165, 1.54) is 26.2 Å². The van der Waals surface area contributed by atoms with E-state index in [2.05, 4.69) is 0 Å². The van der Waals surface area contributed by atoms with E-state index < -0.39 is 6.04 Å². The first kappa shape index (κ1) is 17.1. The molecule has 1 aliphatic heterocycles. The standard InChI is InChI=1S/C20H20FNO3/c1-13(23)17-12-18(20(24)25-2)22(16-6-4-3-5-7-16)19(17)14-8-10-15(21)11-9-14/h3-11,17-19H,12H2,1-2H3/t17-,18-,19-/m1/s1. The maximum atomic E-state index is 13.4. The third-order valence-corrected chi connectivity index (χ3v) is 4.76. The second-order valence-electron chi connectivity index (χ2n) is 6.23. The minimum Gasteiger partial charge on any atom is -0.467 e. The topological polar surface area (TPSA) is 46.6 Å². The summed E-state index contributed by atoms with van der Waals surface area (Å²) in [6, 6.07) is 14.6. The zero-order valence-corrected chi connectivity index (χ0v) is 14.2. The van der Waals surface area contributed by atoms with Gasteiger partial charge in [0.15, 0.2) is 0 Å². The molecule has 3 rings (SSSR count). The van der Waals surface area contributed by atoms with Crippen molar-refractivity contribution in [1.29, 1.82) is 0 Å². The van der Waals surface area contributed by atoms with Gasteiger partial charge in [0.1, 0.15) is 17.6 Å². The Hall–Kier alpha value is -2.69. The number of halogens is 1. The Morgan fingerprint density at radius 1 is 1.08 bits per heavy atom. The van der Waals surface area contributed by atoms with Crippen LogP contribution in [-0.4, -0.2) is 24.9 Å². The first-order valence-electron chi connectivity index (χ1n) is 8.20. The molecule has 0 aromatic heterocycles. The van der Waals surface area contributed by atoms with Crippen molar-refractivity contribution in [2.45, 2.75) is 25.4 Å². The molecule has 1 heterocycles. The van der Waals surface area contributed by atoms with Crippen LogP contribution in [0.15, 0.2) is 54.6 Å². The molecule has 0 radical (unpaired) electrons. The van der Waals surface area contributed by atoms with Crippen molar-refractivity contribution in [3.63, 3.8) is 0 Å². The Balaban J connectivity index is 2.12. The van der Waals surface area contributed by atoms with Gasteiger partial charge in [-0.1, -0.05) is 30.3 Å². The van der Waals surface area contributed by atoms with Gasteiger partial charge in [0.2, 0.25) is 0 Å². The lowest BCUT2D eigenvalue weighted by atomic mass is 9.90. The van der Waals surface area contributed by atoms with E-state index >= 15 is 0 Å². The van der Waals surface area contributed by atoms with Gasteiger partial charge in [-0.2, -0.15) is 0 Å². The third kappa shape index (κ3) is 3.27. The molecule has 1 saturated heterocycles. The van der Waals surface area contributed by atoms with E-state index in [0.717, 1.165) is 11.3 Å². The van der Waals surface area contributed by atoms with Crippen LogP contribution in [0, 0.1) is 11.7 Å². The summed E-state index contributed by atoms with van der Waals surface area (Å²) in [5.74, 6) is -1.08. The molecule has 2 aromatic rings. The summed E-state index contributed by atoms with van der Waals surface area (Å²) < 4.78 is 18.3. The minimum atomic E-state index is -0.559. The number of carbonyl (C=O) groups is 2. The number of methoxy groups -OCH3 is 1. The van der Waals surface area contributed by atoms with Crippen molar-refractivity contribution in [3.05, 3.63) is 66.0 Å². The highest BCUT2D eigenvalue weighted by molar-refractivity contribution is 5.87. The number of ether oxygens (including phenoxy) is 1. The highest BCUT2D eigenvalue weighted by atomic mass is 19.1. The average Bonchev–Trinajstić information content (AvgIpc) is 3.03. The molecule has 1 aliphatic rings. The lowest BCUT2D eigenvalue weighted by molar-refractivity contribution is -0.142. The van der Waals surface area contributed by atoms with E-state index in [1.54, 1.807) is 12.1 Å². The summed E-state index contributed by atoms with van der Waals surface area (Å²) >= 11 is 0. The van der Waals surface area contributed by atoms with Crippen molar-refractivity contribution in [2.24, 2.45) is 5.92 Å². The van der Waals surface area contributed by atoms with Gasteiger partial charge >= 0.3 is 5.97 Å². The van der Waals surface area contributed by atoms with Crippen LogP contribution >= 0.6 is 0 Å². The maximum Gasteiger partial charge on any atom is 0.328 e. The molecule has 5 heteroatoms. The van der Waals surface area contributed by atoms with Crippen LogP contribution in [0.1, 0.15) is 24.9 Å². The van der Waals surface area contributed by atoms with E-state index in [1.807, 2.05) is 35.2 Å². The molecule has 0 bridgehead atoms. The molecule has 0 spiro atoms. The van der Waals surface area contributed by atoms with Gasteiger partial charge in [0.05, 0.1) is 13.2 Å². The first-order chi connectivity index (χ1) is 12.0. The second-order valence-corrected chi connectivity index (χ2v) is 6.23. The number of anilines is 1. The summed E-state index contributed by atoms with van der Waals surface area (Å²) in [7, 11) is 1.35. The zero-order chi connectivity index (χ0) is 18.0. The number of ketones is 1. The van der Waals surface area contributed by atoms with E-state index in [-0.39, 0.29) is 29.5 Å². The number of para-hydroxylation sites is 1. The van der Waals surface area contributed by atoms with Crippen molar-refractivity contribution in [1.82, 2.24) is 0 Å². The number of Topliss-reactive ketones (excluding diaryl/α,β-unsaturated/α-hetero) is 1. The molecule has 1 fully saturated rings. The SMILES string of the molecule is COC(=O)[C@H]1C[C@H](C(C)=O)[C@@H](c2ccc(F)cc2)N1c1ccccc1. The van der Waals surface area contributed by atoms with Gasteiger partial charge in [0.25, 0.3) is 0 Å². The molecule has 0 aliphatic carbocycles. The number of nitrogens with zero attached hydrogens (tertiary/aromatic N) is 1. The van der Waals surface area contributed by atoms with Crippen LogP contribution in [0.25, 0.3) is 0 Å². The minimum absolute atomic E-state index is 0.00154. The summed E-state index contributed by atoms with van der Waals surface area (Å²) in [6.07, 6.45) is 0.374. The van der Waals surface area contributed by atoms with Crippen molar-refractivity contribution in [3.8, 4) is 0 Å². The van der Waals surface area contributed by atoms with Gasteiger partial charge in [-0.15, -0.1) is 0 Å². The van der Waals surface area contributed by atoms with E-state index in [0.29, 0.717) is 6.42 Å². The van der Waals surface area contributed by atoms with E-state index in [4.69, 9.17) is 4.74 Å². The average molecular weight is 341 g/mol. The number of hydrogen-bond acceptors (Lipinski definition) is 4. The normalized spacial score (nSPS) is 22.7. The molecule has 2 aromatic carbocycles. The lowest BCUT2D eigenvalue weighted by Crippen LogP contribution is -2.38. The Labute approximate surface area is 146 Å². The van der Waals surface area contributed by atoms with Gasteiger partial charge in [-0.25, -0.2) is 9.18 Å². The molecule has 0 saturated carbocycles. The smallest absolute Gasteiger partial charge is 0.328 e. The fourth-order valence-corrected chi connectivity index (χ4v) is 3.60. The second kappa shape index (κ2) is 7.05. The maximum absolute atomic E-state index is 13.4. The molecule has 130 valence electrons. The van der Waals surface area contributed by atoms with Gasteiger partial charge in [-0.05, 0) is 43.2 Å². The highest BCUT2D eigenvalue weighted by Crippen LogP contribution is 2.44. The van der Waals surface area contributed by atoms with Crippen molar-refractivity contribution in [2.75, 3.05) is 12.0 Å². The molecule has 4 nitrogen and oxygen atoms in total. The first-order valence-corrected chi connectivity index (χ1v) is 8.20. The molecule has 0 unspecified atom stereocenters. The Kier molecular flexibility index (Phi) is 4.83. The summed E-state index contributed by atoms with van der Waals surface area (Å²) in [4.78, 5) is 26.6. The van der Waals surface area contributed by atoms with Crippen molar-refractivity contribution < 1.29 is 18.7 Å². The third-order valence-electron chi connectivity index (χ3n) is 4.76. The Bertz CT molecular complexity index is 760.